The molecule has 27 heavy (non-hydrogen) atoms. The summed E-state index contributed by atoms with van der Waals surface area (Å²) in [4.78, 5) is 2.34. The molecule has 1 aromatic heterocycles. The van der Waals surface area contributed by atoms with Gasteiger partial charge in [-0.15, -0.1) is 10.2 Å². The maximum atomic E-state index is 5.92. The molecule has 1 unspecified atom stereocenters. The van der Waals surface area contributed by atoms with Crippen LogP contribution in [0.1, 0.15) is 35.7 Å². The maximum absolute atomic E-state index is 5.92. The second-order valence-electron chi connectivity index (χ2n) is 7.04. The van der Waals surface area contributed by atoms with Crippen LogP contribution in [0.2, 0.25) is 0 Å². The van der Waals surface area contributed by atoms with Crippen LogP contribution in [-0.2, 0) is 24.2 Å². The molecule has 4 rings (SSSR count). The van der Waals surface area contributed by atoms with Crippen molar-refractivity contribution in [2.24, 2.45) is 0 Å². The topological polar surface area (TPSA) is 51.4 Å². The molecule has 1 fully saturated rings. The smallest absolute Gasteiger partial charge is 0.230 e. The van der Waals surface area contributed by atoms with Crippen molar-refractivity contribution in [1.29, 1.82) is 0 Å². The van der Waals surface area contributed by atoms with Crippen molar-refractivity contribution in [3.8, 4) is 0 Å². The molecule has 0 saturated carbocycles. The van der Waals surface area contributed by atoms with E-state index in [0.29, 0.717) is 30.9 Å². The summed E-state index contributed by atoms with van der Waals surface area (Å²) in [7, 11) is 0. The molecule has 5 nitrogen and oxygen atoms in total. The Morgan fingerprint density at radius 2 is 1.56 bits per heavy atom. The van der Waals surface area contributed by atoms with E-state index in [9.17, 15) is 0 Å². The summed E-state index contributed by atoms with van der Waals surface area (Å²) in [6.45, 7) is 3.23. The Morgan fingerprint density at radius 3 is 2.26 bits per heavy atom. The van der Waals surface area contributed by atoms with E-state index in [4.69, 9.17) is 9.15 Å². The number of hydrogen-bond acceptors (Lipinski definition) is 5. The van der Waals surface area contributed by atoms with E-state index >= 15 is 0 Å². The number of nitrogens with zero attached hydrogens (tertiary/aromatic N) is 3. The highest BCUT2D eigenvalue weighted by Gasteiger charge is 2.21. The van der Waals surface area contributed by atoms with E-state index in [1.807, 2.05) is 24.3 Å². The average Bonchev–Trinajstić information content (AvgIpc) is 3.36. The lowest BCUT2D eigenvalue weighted by atomic mass is 10.1. The molecule has 0 N–H and O–H groups in total. The fraction of sp³-hybridized carbons (Fsp3) is 0.364. The summed E-state index contributed by atoms with van der Waals surface area (Å²) >= 11 is 0. The van der Waals surface area contributed by atoms with Gasteiger partial charge in [-0.3, -0.25) is 4.90 Å². The van der Waals surface area contributed by atoms with Crippen LogP contribution in [0, 0.1) is 0 Å². The van der Waals surface area contributed by atoms with E-state index in [-0.39, 0.29) is 0 Å². The highest BCUT2D eigenvalue weighted by molar-refractivity contribution is 5.18. The zero-order chi connectivity index (χ0) is 18.3. The molecule has 1 atom stereocenters. The van der Waals surface area contributed by atoms with Gasteiger partial charge in [0.2, 0.25) is 11.8 Å². The number of benzene rings is 2. The highest BCUT2D eigenvalue weighted by Crippen LogP contribution is 2.17. The molecule has 0 radical (unpaired) electrons. The minimum absolute atomic E-state index is 0.292. The molecule has 140 valence electrons. The van der Waals surface area contributed by atoms with Crippen LogP contribution < -0.4 is 0 Å². The van der Waals surface area contributed by atoms with Crippen LogP contribution in [0.15, 0.2) is 65.1 Å². The monoisotopic (exact) mass is 363 g/mol. The zero-order valence-electron chi connectivity index (χ0n) is 15.5. The molecule has 1 aliphatic rings. The molecule has 0 spiro atoms. The van der Waals surface area contributed by atoms with Crippen LogP contribution in [0.25, 0.3) is 0 Å². The number of hydrogen-bond donors (Lipinski definition) is 0. The van der Waals surface area contributed by atoms with E-state index in [2.05, 4.69) is 51.5 Å². The summed E-state index contributed by atoms with van der Waals surface area (Å²) < 4.78 is 11.8. The van der Waals surface area contributed by atoms with E-state index in [1.54, 1.807) is 0 Å². The summed E-state index contributed by atoms with van der Waals surface area (Å²) in [6, 6.07) is 20.7. The Bertz CT molecular complexity index is 814. The van der Waals surface area contributed by atoms with E-state index in [1.165, 1.54) is 11.1 Å². The first-order chi connectivity index (χ1) is 13.3. The van der Waals surface area contributed by atoms with Crippen molar-refractivity contribution in [3.63, 3.8) is 0 Å². The van der Waals surface area contributed by atoms with E-state index < -0.39 is 0 Å². The third-order valence-corrected chi connectivity index (χ3v) is 4.80. The average molecular weight is 363 g/mol. The summed E-state index contributed by atoms with van der Waals surface area (Å²) in [5.41, 5.74) is 2.45. The van der Waals surface area contributed by atoms with Gasteiger partial charge in [-0.25, -0.2) is 0 Å². The Labute approximate surface area is 160 Å². The molecule has 1 saturated heterocycles. The van der Waals surface area contributed by atoms with Crippen molar-refractivity contribution in [2.75, 3.05) is 13.2 Å². The molecule has 0 amide bonds. The second-order valence-corrected chi connectivity index (χ2v) is 7.04. The molecule has 2 heterocycles. The fourth-order valence-electron chi connectivity index (χ4n) is 3.49. The Hall–Kier alpha value is -2.50. The van der Waals surface area contributed by atoms with Gasteiger partial charge in [0.1, 0.15) is 0 Å². The quantitative estimate of drug-likeness (QED) is 0.609. The zero-order valence-corrected chi connectivity index (χ0v) is 15.5. The van der Waals surface area contributed by atoms with Gasteiger partial charge in [-0.2, -0.15) is 0 Å². The predicted octanol–water partition coefficient (Wildman–Crippen LogP) is 3.84. The van der Waals surface area contributed by atoms with Gasteiger partial charge in [0, 0.05) is 19.7 Å². The van der Waals surface area contributed by atoms with Crippen molar-refractivity contribution in [3.05, 3.63) is 83.6 Å². The van der Waals surface area contributed by atoms with Crippen molar-refractivity contribution >= 4 is 0 Å². The lowest BCUT2D eigenvalue weighted by molar-refractivity contribution is 0.0647. The maximum Gasteiger partial charge on any atom is 0.230 e. The molecule has 5 heteroatoms. The molecule has 2 aromatic carbocycles. The third-order valence-electron chi connectivity index (χ3n) is 4.80. The van der Waals surface area contributed by atoms with Gasteiger partial charge < -0.3 is 9.15 Å². The van der Waals surface area contributed by atoms with Gasteiger partial charge in [-0.1, -0.05) is 60.7 Å². The molecule has 0 aliphatic carbocycles. The summed E-state index contributed by atoms with van der Waals surface area (Å²) in [5.74, 6) is 1.32. The Balaban J connectivity index is 1.42. The van der Waals surface area contributed by atoms with Crippen LogP contribution in [-0.4, -0.2) is 34.4 Å². The van der Waals surface area contributed by atoms with Gasteiger partial charge in [-0.05, 0) is 24.0 Å². The Morgan fingerprint density at radius 1 is 0.852 bits per heavy atom. The van der Waals surface area contributed by atoms with Crippen LogP contribution >= 0.6 is 0 Å². The number of aromatic nitrogens is 2. The molecular formula is C22H25N3O2. The third kappa shape index (κ3) is 5.25. The Kier molecular flexibility index (Phi) is 5.92. The summed E-state index contributed by atoms with van der Waals surface area (Å²) in [6.07, 6.45) is 3.22. The van der Waals surface area contributed by atoms with Gasteiger partial charge in [0.25, 0.3) is 0 Å². The molecule has 3 aromatic rings. The molecular weight excluding hydrogens is 338 g/mol. The van der Waals surface area contributed by atoms with Crippen molar-refractivity contribution in [1.82, 2.24) is 15.1 Å². The number of rotatable bonds is 8. The first-order valence-electron chi connectivity index (χ1n) is 9.58. The first-order valence-corrected chi connectivity index (χ1v) is 9.58. The van der Waals surface area contributed by atoms with Crippen molar-refractivity contribution in [2.45, 2.75) is 38.5 Å². The SMILES string of the molecule is c1ccc(Cc2nnc(CN(Cc3ccccc3)CC3CCCO3)o2)cc1. The normalized spacial score (nSPS) is 16.9. The van der Waals surface area contributed by atoms with Gasteiger partial charge >= 0.3 is 0 Å². The van der Waals surface area contributed by atoms with Gasteiger partial charge in [0.15, 0.2) is 0 Å². The minimum atomic E-state index is 0.292. The molecule has 0 bridgehead atoms. The summed E-state index contributed by atoms with van der Waals surface area (Å²) in [5, 5.41) is 8.50. The fourth-order valence-corrected chi connectivity index (χ4v) is 3.49. The van der Waals surface area contributed by atoms with E-state index in [0.717, 1.165) is 32.5 Å². The van der Waals surface area contributed by atoms with Crippen LogP contribution in [0.4, 0.5) is 0 Å². The highest BCUT2D eigenvalue weighted by atomic mass is 16.5. The van der Waals surface area contributed by atoms with Gasteiger partial charge in [0.05, 0.1) is 19.1 Å². The van der Waals surface area contributed by atoms with Crippen LogP contribution in [0.3, 0.4) is 0 Å². The largest absolute Gasteiger partial charge is 0.424 e. The minimum Gasteiger partial charge on any atom is -0.424 e. The standard InChI is InChI=1S/C22H25N3O2/c1-3-8-18(9-4-1)14-21-23-24-22(27-21)17-25(16-20-12-7-13-26-20)15-19-10-5-2-6-11-19/h1-6,8-11,20H,7,12-17H2. The lowest BCUT2D eigenvalue weighted by Gasteiger charge is -2.23. The van der Waals surface area contributed by atoms with Crippen LogP contribution in [0.5, 0.6) is 0 Å². The number of ether oxygens (including phenoxy) is 1. The lowest BCUT2D eigenvalue weighted by Crippen LogP contribution is -2.31. The van der Waals surface area contributed by atoms with Crippen molar-refractivity contribution < 1.29 is 9.15 Å². The second kappa shape index (κ2) is 8.93. The molecule has 1 aliphatic heterocycles. The predicted molar refractivity (Wildman–Crippen MR) is 103 cm³/mol. The first kappa shape index (κ1) is 17.9.